The Labute approximate surface area is 156 Å². The van der Waals surface area contributed by atoms with E-state index in [2.05, 4.69) is 40.2 Å². The van der Waals surface area contributed by atoms with E-state index in [0.717, 1.165) is 44.6 Å². The fourth-order valence-corrected chi connectivity index (χ4v) is 3.41. The highest BCUT2D eigenvalue weighted by Gasteiger charge is 2.24. The average molecular weight is 349 g/mol. The first-order chi connectivity index (χ1) is 12.7. The summed E-state index contributed by atoms with van der Waals surface area (Å²) in [5.41, 5.74) is 2.18. The van der Waals surface area contributed by atoms with E-state index < -0.39 is 0 Å². The molecular weight excluding hydrogens is 322 g/mol. The molecule has 0 bridgehead atoms. The Morgan fingerprint density at radius 3 is 2.81 bits per heavy atom. The lowest BCUT2D eigenvalue weighted by Crippen LogP contribution is -2.48. The smallest absolute Gasteiger partial charge is 0.246 e. The molecule has 136 valence electrons. The zero-order chi connectivity index (χ0) is 18.2. The first kappa shape index (κ1) is 18.3. The van der Waals surface area contributed by atoms with Crippen LogP contribution >= 0.6 is 0 Å². The minimum atomic E-state index is 0.0468. The number of rotatable bonds is 6. The van der Waals surface area contributed by atoms with E-state index >= 15 is 0 Å². The highest BCUT2D eigenvalue weighted by atomic mass is 16.2. The lowest BCUT2D eigenvalue weighted by Gasteiger charge is -2.37. The number of benzene rings is 1. The molecule has 2 heterocycles. The maximum atomic E-state index is 12.5. The van der Waals surface area contributed by atoms with Gasteiger partial charge in [-0.1, -0.05) is 36.4 Å². The van der Waals surface area contributed by atoms with E-state index in [-0.39, 0.29) is 11.9 Å². The molecule has 1 saturated heterocycles. The monoisotopic (exact) mass is 349 g/mol. The van der Waals surface area contributed by atoms with Crippen molar-refractivity contribution >= 4 is 12.0 Å². The first-order valence-corrected chi connectivity index (χ1v) is 9.34. The number of pyridine rings is 1. The number of likely N-dealkylation sites (N-methyl/N-ethyl adjacent to an activating group) is 1. The van der Waals surface area contributed by atoms with Gasteiger partial charge in [-0.05, 0) is 49.6 Å². The highest BCUT2D eigenvalue weighted by Crippen LogP contribution is 2.16. The molecule has 1 aliphatic heterocycles. The Morgan fingerprint density at radius 2 is 2.04 bits per heavy atom. The summed E-state index contributed by atoms with van der Waals surface area (Å²) in [7, 11) is 1.91. The van der Waals surface area contributed by atoms with Gasteiger partial charge in [0.1, 0.15) is 0 Å². The van der Waals surface area contributed by atoms with Gasteiger partial charge in [-0.2, -0.15) is 0 Å². The van der Waals surface area contributed by atoms with Crippen LogP contribution in [0.4, 0.5) is 0 Å². The van der Waals surface area contributed by atoms with Gasteiger partial charge in [0.25, 0.3) is 0 Å². The third kappa shape index (κ3) is 5.27. The number of likely N-dealkylation sites (tertiary alicyclic amines) is 1. The number of carbonyl (C=O) groups excluding carboxylic acids is 1. The third-order valence-corrected chi connectivity index (χ3v) is 5.02. The van der Waals surface area contributed by atoms with Crippen molar-refractivity contribution in [2.24, 2.45) is 0 Å². The molecule has 0 N–H and O–H groups in total. The lowest BCUT2D eigenvalue weighted by molar-refractivity contribution is -0.127. The molecule has 0 aliphatic carbocycles. The number of carbonyl (C=O) groups is 1. The summed E-state index contributed by atoms with van der Waals surface area (Å²) < 4.78 is 0. The molecule has 26 heavy (non-hydrogen) atoms. The van der Waals surface area contributed by atoms with Gasteiger partial charge in [0.2, 0.25) is 5.91 Å². The largest absolute Gasteiger partial charge is 0.338 e. The molecule has 2 aromatic rings. The van der Waals surface area contributed by atoms with Crippen LogP contribution in [0.2, 0.25) is 0 Å². The molecule has 0 radical (unpaired) electrons. The van der Waals surface area contributed by atoms with Crippen molar-refractivity contribution in [1.29, 1.82) is 0 Å². The van der Waals surface area contributed by atoms with E-state index in [0.29, 0.717) is 0 Å². The first-order valence-electron chi connectivity index (χ1n) is 9.34. The van der Waals surface area contributed by atoms with Gasteiger partial charge >= 0.3 is 0 Å². The number of amides is 1. The molecule has 1 atom stereocenters. The topological polar surface area (TPSA) is 36.4 Å². The van der Waals surface area contributed by atoms with Crippen LogP contribution in [0, 0.1) is 0 Å². The van der Waals surface area contributed by atoms with Crippen LogP contribution in [-0.4, -0.2) is 53.4 Å². The summed E-state index contributed by atoms with van der Waals surface area (Å²) in [4.78, 5) is 21.1. The quantitative estimate of drug-likeness (QED) is 0.751. The lowest BCUT2D eigenvalue weighted by atomic mass is 10.0. The Hall–Kier alpha value is -2.46. The second kappa shape index (κ2) is 9.30. The van der Waals surface area contributed by atoms with Gasteiger partial charge in [0.15, 0.2) is 0 Å². The molecule has 0 unspecified atom stereocenters. The van der Waals surface area contributed by atoms with Crippen molar-refractivity contribution in [3.8, 4) is 0 Å². The van der Waals surface area contributed by atoms with E-state index in [1.54, 1.807) is 18.3 Å². The van der Waals surface area contributed by atoms with Crippen molar-refractivity contribution in [1.82, 2.24) is 14.8 Å². The zero-order valence-electron chi connectivity index (χ0n) is 15.4. The molecule has 0 spiro atoms. The standard InChI is InChI=1S/C22H27N3O/c1-24(22(26)13-12-20-10-5-6-15-23-20)21-11-7-16-25(18-21)17-14-19-8-3-2-4-9-19/h2-6,8-10,12-13,15,21H,7,11,14,16-18H2,1H3/b13-12+/t21-/m1/s1. The predicted octanol–water partition coefficient (Wildman–Crippen LogP) is 3.26. The SMILES string of the molecule is CN(C(=O)/C=C/c1ccccn1)[C@@H]1CCCN(CCc2ccccc2)C1. The maximum absolute atomic E-state index is 12.5. The fraction of sp³-hybridized carbons (Fsp3) is 0.364. The Kier molecular flexibility index (Phi) is 6.56. The normalized spacial score (nSPS) is 18.1. The highest BCUT2D eigenvalue weighted by molar-refractivity contribution is 5.91. The fourth-order valence-electron chi connectivity index (χ4n) is 3.41. The second-order valence-electron chi connectivity index (χ2n) is 6.87. The molecule has 4 heteroatoms. The van der Waals surface area contributed by atoms with Gasteiger partial charge in [0, 0.05) is 38.5 Å². The zero-order valence-corrected chi connectivity index (χ0v) is 15.4. The molecule has 1 aliphatic rings. The summed E-state index contributed by atoms with van der Waals surface area (Å²) in [6.07, 6.45) is 8.42. The van der Waals surface area contributed by atoms with E-state index in [1.807, 2.05) is 30.1 Å². The molecule has 1 aromatic carbocycles. The van der Waals surface area contributed by atoms with Crippen molar-refractivity contribution in [3.05, 3.63) is 72.1 Å². The molecular formula is C22H27N3O. The molecule has 4 nitrogen and oxygen atoms in total. The van der Waals surface area contributed by atoms with Crippen LogP contribution < -0.4 is 0 Å². The molecule has 1 fully saturated rings. The summed E-state index contributed by atoms with van der Waals surface area (Å²) in [6, 6.07) is 16.6. The molecule has 1 aromatic heterocycles. The molecule has 3 rings (SSSR count). The molecule has 0 saturated carbocycles. The minimum absolute atomic E-state index is 0.0468. The van der Waals surface area contributed by atoms with Crippen molar-refractivity contribution in [3.63, 3.8) is 0 Å². The average Bonchev–Trinajstić information content (AvgIpc) is 2.71. The van der Waals surface area contributed by atoms with Gasteiger partial charge in [-0.15, -0.1) is 0 Å². The van der Waals surface area contributed by atoms with Crippen molar-refractivity contribution in [2.45, 2.75) is 25.3 Å². The summed E-state index contributed by atoms with van der Waals surface area (Å²) >= 11 is 0. The summed E-state index contributed by atoms with van der Waals surface area (Å²) in [6.45, 7) is 3.12. The summed E-state index contributed by atoms with van der Waals surface area (Å²) in [5.74, 6) is 0.0468. The van der Waals surface area contributed by atoms with Crippen LogP contribution in [0.15, 0.2) is 60.8 Å². The van der Waals surface area contributed by atoms with Gasteiger partial charge in [-0.3, -0.25) is 9.78 Å². The second-order valence-corrected chi connectivity index (χ2v) is 6.87. The summed E-state index contributed by atoms with van der Waals surface area (Å²) in [5, 5.41) is 0. The predicted molar refractivity (Wildman–Crippen MR) is 106 cm³/mol. The van der Waals surface area contributed by atoms with E-state index in [1.165, 1.54) is 5.56 Å². The number of hydrogen-bond acceptors (Lipinski definition) is 3. The van der Waals surface area contributed by atoms with Gasteiger partial charge < -0.3 is 9.80 Å². The van der Waals surface area contributed by atoms with Crippen LogP contribution in [0.1, 0.15) is 24.1 Å². The Morgan fingerprint density at radius 1 is 1.23 bits per heavy atom. The van der Waals surface area contributed by atoms with Crippen molar-refractivity contribution in [2.75, 3.05) is 26.7 Å². The Bertz CT molecular complexity index is 715. The van der Waals surface area contributed by atoms with E-state index in [4.69, 9.17) is 0 Å². The number of hydrogen-bond donors (Lipinski definition) is 0. The Balaban J connectivity index is 1.51. The number of piperidine rings is 1. The third-order valence-electron chi connectivity index (χ3n) is 5.02. The van der Waals surface area contributed by atoms with Crippen molar-refractivity contribution < 1.29 is 4.79 Å². The van der Waals surface area contributed by atoms with Crippen LogP contribution in [-0.2, 0) is 11.2 Å². The number of aromatic nitrogens is 1. The van der Waals surface area contributed by atoms with Gasteiger partial charge in [0.05, 0.1) is 5.69 Å². The molecule has 1 amide bonds. The van der Waals surface area contributed by atoms with Crippen LogP contribution in [0.5, 0.6) is 0 Å². The van der Waals surface area contributed by atoms with Crippen LogP contribution in [0.3, 0.4) is 0 Å². The maximum Gasteiger partial charge on any atom is 0.246 e. The van der Waals surface area contributed by atoms with Gasteiger partial charge in [-0.25, -0.2) is 0 Å². The number of nitrogens with zero attached hydrogens (tertiary/aromatic N) is 3. The minimum Gasteiger partial charge on any atom is -0.338 e. The van der Waals surface area contributed by atoms with E-state index in [9.17, 15) is 4.79 Å². The van der Waals surface area contributed by atoms with Crippen LogP contribution in [0.25, 0.3) is 6.08 Å².